The van der Waals surface area contributed by atoms with Gasteiger partial charge in [-0.05, 0) is 18.9 Å². The minimum atomic E-state index is -3.78. The van der Waals surface area contributed by atoms with E-state index >= 15 is 0 Å². The second-order valence-corrected chi connectivity index (χ2v) is 7.51. The number of H-pyrrole nitrogens is 1. The van der Waals surface area contributed by atoms with E-state index < -0.39 is 22.2 Å². The number of carbonyl (C=O) groups is 1. The van der Waals surface area contributed by atoms with Crippen molar-refractivity contribution in [1.82, 2.24) is 9.97 Å². The average Bonchev–Trinajstić information content (AvgIpc) is 3.08. The van der Waals surface area contributed by atoms with E-state index in [9.17, 15) is 22.0 Å². The number of alkyl halides is 2. The molecular weight excluding hydrogens is 386 g/mol. The number of benzene rings is 1. The molecule has 0 radical (unpaired) electrons. The quantitative estimate of drug-likeness (QED) is 0.720. The first-order chi connectivity index (χ1) is 12.6. The molecule has 0 spiro atoms. The van der Waals surface area contributed by atoms with Gasteiger partial charge in [-0.1, -0.05) is 6.08 Å². The molecule has 0 bridgehead atoms. The summed E-state index contributed by atoms with van der Waals surface area (Å²) in [4.78, 5) is 19.2. The number of carbonyl (C=O) groups excluding carboxylic acids is 1. The Labute approximate surface area is 150 Å². The molecule has 2 aliphatic rings. The number of amides is 1. The first kappa shape index (κ1) is 17.4. The van der Waals surface area contributed by atoms with Crippen LogP contribution in [0, 0.1) is 0 Å². The van der Waals surface area contributed by atoms with Crippen LogP contribution in [-0.2, 0) is 14.8 Å². The zero-order valence-corrected chi connectivity index (χ0v) is 14.3. The number of nitrogens with two attached hydrogens (primary N) is 1. The normalized spacial score (nSPS) is 18.2. The third-order valence-corrected chi connectivity index (χ3v) is 5.08. The van der Waals surface area contributed by atoms with Gasteiger partial charge in [0.2, 0.25) is 16.0 Å². The summed E-state index contributed by atoms with van der Waals surface area (Å²) in [6.45, 7) is 0. The number of aromatic amines is 1. The van der Waals surface area contributed by atoms with E-state index in [4.69, 9.17) is 5.14 Å². The van der Waals surface area contributed by atoms with Gasteiger partial charge in [0.25, 0.3) is 5.91 Å². The summed E-state index contributed by atoms with van der Waals surface area (Å²) < 4.78 is 57.4. The highest BCUT2D eigenvalue weighted by Crippen LogP contribution is 2.42. The summed E-state index contributed by atoms with van der Waals surface area (Å²) >= 11 is 0. The number of rotatable bonds is 3. The summed E-state index contributed by atoms with van der Waals surface area (Å²) in [5, 5.41) is 7.58. The number of allylic oxidation sites excluding steroid dienone is 3. The van der Waals surface area contributed by atoms with E-state index in [-0.39, 0.29) is 35.2 Å². The Hall–Kier alpha value is -2.99. The number of sulfonamides is 1. The minimum absolute atomic E-state index is 0.0501. The molecule has 0 atom stereocenters. The van der Waals surface area contributed by atoms with Gasteiger partial charge in [-0.3, -0.25) is 10.1 Å². The number of primary sulfonamides is 1. The Bertz CT molecular complexity index is 1090. The molecule has 9 nitrogen and oxygen atoms in total. The van der Waals surface area contributed by atoms with Crippen LogP contribution in [0.1, 0.15) is 12.8 Å². The molecule has 142 valence electrons. The highest BCUT2D eigenvalue weighted by atomic mass is 32.2. The van der Waals surface area contributed by atoms with Gasteiger partial charge in [0, 0.05) is 17.7 Å². The van der Waals surface area contributed by atoms with Crippen LogP contribution in [0.15, 0.2) is 34.8 Å². The fourth-order valence-electron chi connectivity index (χ4n) is 2.75. The lowest BCUT2D eigenvalue weighted by atomic mass is 10.0. The molecule has 1 amide bonds. The fraction of sp³-hybridized carbons (Fsp3) is 0.200. The predicted molar refractivity (Wildman–Crippen MR) is 89.4 cm³/mol. The van der Waals surface area contributed by atoms with Crippen LogP contribution in [0.3, 0.4) is 0 Å². The van der Waals surface area contributed by atoms with Crippen molar-refractivity contribution in [3.05, 3.63) is 34.8 Å². The highest BCUT2D eigenvalue weighted by molar-refractivity contribution is 7.93. The largest absolute Gasteiger partial charge is 0.586 e. The number of halogens is 2. The number of anilines is 1. The Morgan fingerprint density at radius 2 is 1.93 bits per heavy atom. The smallest absolute Gasteiger partial charge is 0.395 e. The SMILES string of the molecule is NS(=O)(=O)C1=CC=C(C(=O)Nc2nc3cc4c(cc3[nH]2)OC(F)(F)O4)CC1. The zero-order chi connectivity index (χ0) is 19.4. The molecule has 27 heavy (non-hydrogen) atoms. The molecule has 1 aromatic heterocycles. The number of nitrogens with zero attached hydrogens (tertiary/aromatic N) is 1. The molecule has 1 aromatic carbocycles. The fourth-order valence-corrected chi connectivity index (χ4v) is 3.39. The monoisotopic (exact) mass is 398 g/mol. The molecule has 0 unspecified atom stereocenters. The summed E-state index contributed by atoms with van der Waals surface area (Å²) in [6, 6.07) is 2.55. The van der Waals surface area contributed by atoms with Crippen LogP contribution in [0.5, 0.6) is 11.5 Å². The van der Waals surface area contributed by atoms with Gasteiger partial charge < -0.3 is 14.5 Å². The summed E-state index contributed by atoms with van der Waals surface area (Å²) in [5.74, 6) is -0.699. The molecule has 4 N–H and O–H groups in total. The Balaban J connectivity index is 1.54. The van der Waals surface area contributed by atoms with Crippen LogP contribution in [0.2, 0.25) is 0 Å². The van der Waals surface area contributed by atoms with Crippen molar-refractivity contribution in [1.29, 1.82) is 0 Å². The van der Waals surface area contributed by atoms with Gasteiger partial charge in [0.1, 0.15) is 0 Å². The Morgan fingerprint density at radius 3 is 2.56 bits per heavy atom. The lowest BCUT2D eigenvalue weighted by molar-refractivity contribution is -0.286. The van der Waals surface area contributed by atoms with Gasteiger partial charge >= 0.3 is 6.29 Å². The van der Waals surface area contributed by atoms with Crippen molar-refractivity contribution < 1.29 is 31.5 Å². The summed E-state index contributed by atoms with van der Waals surface area (Å²) in [7, 11) is -3.78. The van der Waals surface area contributed by atoms with E-state index in [1.54, 1.807) is 0 Å². The van der Waals surface area contributed by atoms with Crippen LogP contribution in [0.25, 0.3) is 11.0 Å². The van der Waals surface area contributed by atoms with E-state index in [0.717, 1.165) is 0 Å². The number of nitrogens with one attached hydrogen (secondary N) is 2. The molecule has 1 aliphatic heterocycles. The molecule has 4 rings (SSSR count). The number of hydrogen-bond acceptors (Lipinski definition) is 6. The number of imidazole rings is 1. The number of fused-ring (bicyclic) bond motifs is 2. The molecular formula is C15H12F2N4O5S. The van der Waals surface area contributed by atoms with Gasteiger partial charge in [-0.15, -0.1) is 8.78 Å². The topological polar surface area (TPSA) is 136 Å². The van der Waals surface area contributed by atoms with Gasteiger partial charge in [0.05, 0.1) is 15.9 Å². The number of ether oxygens (including phenoxy) is 2. The first-order valence-electron chi connectivity index (χ1n) is 7.64. The van der Waals surface area contributed by atoms with Crippen molar-refractivity contribution in [2.75, 3.05) is 5.32 Å². The van der Waals surface area contributed by atoms with Crippen molar-refractivity contribution in [2.45, 2.75) is 19.1 Å². The third-order valence-electron chi connectivity index (χ3n) is 4.01. The second kappa shape index (κ2) is 5.76. The average molecular weight is 398 g/mol. The summed E-state index contributed by atoms with van der Waals surface area (Å²) in [6.07, 6.45) is -0.756. The molecule has 0 saturated carbocycles. The lowest BCUT2D eigenvalue weighted by Crippen LogP contribution is -2.25. The van der Waals surface area contributed by atoms with Crippen LogP contribution in [-0.4, -0.2) is 30.6 Å². The molecule has 12 heteroatoms. The predicted octanol–water partition coefficient (Wildman–Crippen LogP) is 1.72. The van der Waals surface area contributed by atoms with Crippen molar-refractivity contribution in [2.24, 2.45) is 5.14 Å². The first-order valence-corrected chi connectivity index (χ1v) is 9.19. The Kier molecular flexibility index (Phi) is 3.71. The number of aromatic nitrogens is 2. The third kappa shape index (κ3) is 3.36. The van der Waals surface area contributed by atoms with E-state index in [2.05, 4.69) is 24.8 Å². The standard InChI is InChI=1S/C15H12F2N4O5S/c16-15(17)25-11-5-9-10(6-12(11)26-15)20-14(19-9)21-13(22)7-1-3-8(4-2-7)27(18,23)24/h1,3,5-6H,2,4H2,(H2,18,23,24)(H2,19,20,21,22). The van der Waals surface area contributed by atoms with Crippen molar-refractivity contribution in [3.63, 3.8) is 0 Å². The van der Waals surface area contributed by atoms with E-state index in [1.165, 1.54) is 24.3 Å². The Morgan fingerprint density at radius 1 is 1.22 bits per heavy atom. The molecule has 0 saturated heterocycles. The van der Waals surface area contributed by atoms with E-state index in [0.29, 0.717) is 16.6 Å². The van der Waals surface area contributed by atoms with Crippen LogP contribution < -0.4 is 19.9 Å². The van der Waals surface area contributed by atoms with Gasteiger partial charge in [0.15, 0.2) is 11.5 Å². The van der Waals surface area contributed by atoms with Crippen molar-refractivity contribution in [3.8, 4) is 11.5 Å². The molecule has 0 fully saturated rings. The summed E-state index contributed by atoms with van der Waals surface area (Å²) in [5.41, 5.74) is 0.996. The zero-order valence-electron chi connectivity index (χ0n) is 13.5. The maximum atomic E-state index is 13.1. The molecule has 2 heterocycles. The molecule has 2 aromatic rings. The second-order valence-electron chi connectivity index (χ2n) is 5.89. The number of hydrogen-bond donors (Lipinski definition) is 3. The maximum Gasteiger partial charge on any atom is 0.586 e. The van der Waals surface area contributed by atoms with Gasteiger partial charge in [-0.25, -0.2) is 18.5 Å². The van der Waals surface area contributed by atoms with Crippen molar-refractivity contribution >= 4 is 32.9 Å². The highest BCUT2D eigenvalue weighted by Gasteiger charge is 2.43. The maximum absolute atomic E-state index is 13.1. The lowest BCUT2D eigenvalue weighted by Gasteiger charge is -2.12. The van der Waals surface area contributed by atoms with Crippen LogP contribution >= 0.6 is 0 Å². The van der Waals surface area contributed by atoms with E-state index in [1.807, 2.05) is 0 Å². The van der Waals surface area contributed by atoms with Crippen LogP contribution in [0.4, 0.5) is 14.7 Å². The van der Waals surface area contributed by atoms with Gasteiger partial charge in [-0.2, -0.15) is 0 Å². The molecule has 1 aliphatic carbocycles. The minimum Gasteiger partial charge on any atom is -0.395 e.